The molecule has 1 aromatic carbocycles. The molecule has 1 unspecified atom stereocenters. The second-order valence-electron chi connectivity index (χ2n) is 6.76. The molecule has 1 atom stereocenters. The third-order valence-corrected chi connectivity index (χ3v) is 5.21. The molecule has 3 aromatic rings. The van der Waals surface area contributed by atoms with Gasteiger partial charge in [-0.15, -0.1) is 0 Å². The fourth-order valence-electron chi connectivity index (χ4n) is 3.51. The number of carbonyl (C=O) groups excluding carboxylic acids is 1. The van der Waals surface area contributed by atoms with Crippen molar-refractivity contribution in [2.24, 2.45) is 0 Å². The Morgan fingerprint density at radius 1 is 1.22 bits per heavy atom. The minimum absolute atomic E-state index is 0.0262. The maximum absolute atomic E-state index is 13.3. The van der Waals surface area contributed by atoms with Gasteiger partial charge in [-0.3, -0.25) is 4.79 Å². The normalized spacial score (nSPS) is 17.4. The first kappa shape index (κ1) is 18.2. The molecular formula is C19H17Cl2FN4O. The van der Waals surface area contributed by atoms with Gasteiger partial charge in [-0.2, -0.15) is 9.37 Å². The highest BCUT2D eigenvalue weighted by Gasteiger charge is 2.27. The minimum atomic E-state index is -0.554. The van der Waals surface area contributed by atoms with Crippen LogP contribution in [0.5, 0.6) is 0 Å². The zero-order valence-corrected chi connectivity index (χ0v) is 15.9. The van der Waals surface area contributed by atoms with Crippen LogP contribution < -0.4 is 0 Å². The van der Waals surface area contributed by atoms with Crippen LogP contribution in [-0.4, -0.2) is 38.8 Å². The highest BCUT2D eigenvalue weighted by atomic mass is 35.5. The largest absolute Gasteiger partial charge is 0.342 e. The number of H-pyrrole nitrogens is 1. The monoisotopic (exact) mass is 406 g/mol. The quantitative estimate of drug-likeness (QED) is 0.657. The first-order valence-electron chi connectivity index (χ1n) is 8.73. The van der Waals surface area contributed by atoms with E-state index in [1.165, 1.54) is 6.07 Å². The van der Waals surface area contributed by atoms with Gasteiger partial charge in [0.2, 0.25) is 11.9 Å². The Hall–Kier alpha value is -2.18. The molecule has 5 nitrogen and oxygen atoms in total. The predicted octanol–water partition coefficient (Wildman–Crippen LogP) is 4.35. The van der Waals surface area contributed by atoms with Crippen molar-refractivity contribution in [3.8, 4) is 0 Å². The van der Waals surface area contributed by atoms with E-state index in [1.54, 1.807) is 24.3 Å². The van der Waals surface area contributed by atoms with E-state index in [9.17, 15) is 9.18 Å². The lowest BCUT2D eigenvalue weighted by molar-refractivity contribution is -0.131. The van der Waals surface area contributed by atoms with Crippen LogP contribution in [-0.2, 0) is 11.2 Å². The SMILES string of the molecule is O=C(Cc1cc(Cl)cc(Cl)c1)N1CCCC(c2nc3nc(F)ccc3[nH]2)C1. The molecule has 8 heteroatoms. The number of aromatic nitrogens is 3. The van der Waals surface area contributed by atoms with Crippen LogP contribution >= 0.6 is 23.2 Å². The molecule has 0 saturated carbocycles. The summed E-state index contributed by atoms with van der Waals surface area (Å²) in [5, 5.41) is 1.03. The van der Waals surface area contributed by atoms with Crippen molar-refractivity contribution in [2.75, 3.05) is 13.1 Å². The molecule has 0 spiro atoms. The van der Waals surface area contributed by atoms with Crippen molar-refractivity contribution >= 4 is 40.3 Å². The van der Waals surface area contributed by atoms with Crippen LogP contribution in [0.4, 0.5) is 4.39 Å². The number of benzene rings is 1. The molecule has 2 aromatic heterocycles. The van der Waals surface area contributed by atoms with E-state index in [4.69, 9.17) is 23.2 Å². The zero-order chi connectivity index (χ0) is 19.0. The van der Waals surface area contributed by atoms with E-state index in [2.05, 4.69) is 15.0 Å². The summed E-state index contributed by atoms with van der Waals surface area (Å²) in [5.74, 6) is 0.286. The number of piperidine rings is 1. The smallest absolute Gasteiger partial charge is 0.227 e. The summed E-state index contributed by atoms with van der Waals surface area (Å²) in [5.41, 5.74) is 1.86. The van der Waals surface area contributed by atoms with Crippen molar-refractivity contribution in [2.45, 2.75) is 25.2 Å². The number of nitrogens with one attached hydrogen (secondary N) is 1. The molecular weight excluding hydrogens is 390 g/mol. The summed E-state index contributed by atoms with van der Waals surface area (Å²) in [4.78, 5) is 26.0. The van der Waals surface area contributed by atoms with Gasteiger partial charge in [0, 0.05) is 29.1 Å². The Balaban J connectivity index is 1.48. The van der Waals surface area contributed by atoms with Crippen molar-refractivity contribution < 1.29 is 9.18 Å². The van der Waals surface area contributed by atoms with E-state index in [1.807, 2.05) is 4.90 Å². The van der Waals surface area contributed by atoms with E-state index in [0.717, 1.165) is 24.2 Å². The summed E-state index contributed by atoms with van der Waals surface area (Å²) in [7, 11) is 0. The lowest BCUT2D eigenvalue weighted by Crippen LogP contribution is -2.40. The fourth-order valence-corrected chi connectivity index (χ4v) is 4.08. The number of imidazole rings is 1. The second-order valence-corrected chi connectivity index (χ2v) is 7.63. The van der Waals surface area contributed by atoms with Crippen LogP contribution in [0.25, 0.3) is 11.2 Å². The number of rotatable bonds is 3. The molecule has 1 amide bonds. The molecule has 1 saturated heterocycles. The Bertz CT molecular complexity index is 986. The number of likely N-dealkylation sites (tertiary alicyclic amines) is 1. The van der Waals surface area contributed by atoms with Gasteiger partial charge in [0.15, 0.2) is 5.65 Å². The van der Waals surface area contributed by atoms with E-state index >= 15 is 0 Å². The Kier molecular flexibility index (Phi) is 5.02. The van der Waals surface area contributed by atoms with Crippen LogP contribution in [0.2, 0.25) is 10.0 Å². The summed E-state index contributed by atoms with van der Waals surface area (Å²) in [6.07, 6.45) is 2.04. The van der Waals surface area contributed by atoms with Gasteiger partial charge < -0.3 is 9.88 Å². The number of nitrogens with zero attached hydrogens (tertiary/aromatic N) is 3. The third-order valence-electron chi connectivity index (χ3n) is 4.77. The number of fused-ring (bicyclic) bond motifs is 1. The van der Waals surface area contributed by atoms with Crippen LogP contribution in [0.15, 0.2) is 30.3 Å². The predicted molar refractivity (Wildman–Crippen MR) is 103 cm³/mol. The number of amides is 1. The van der Waals surface area contributed by atoms with E-state index in [0.29, 0.717) is 34.3 Å². The summed E-state index contributed by atoms with van der Waals surface area (Å²) < 4.78 is 13.3. The van der Waals surface area contributed by atoms with Crippen molar-refractivity contribution in [1.82, 2.24) is 19.9 Å². The van der Waals surface area contributed by atoms with Gasteiger partial charge in [0.25, 0.3) is 0 Å². The summed E-state index contributed by atoms with van der Waals surface area (Å²) in [6.45, 7) is 1.27. The molecule has 1 aliphatic heterocycles. The zero-order valence-electron chi connectivity index (χ0n) is 14.4. The molecule has 0 radical (unpaired) electrons. The fraction of sp³-hybridized carbons (Fsp3) is 0.316. The Morgan fingerprint density at radius 3 is 2.78 bits per heavy atom. The molecule has 27 heavy (non-hydrogen) atoms. The van der Waals surface area contributed by atoms with Gasteiger partial charge in [-0.1, -0.05) is 23.2 Å². The number of pyridine rings is 1. The van der Waals surface area contributed by atoms with Crippen molar-refractivity contribution in [3.63, 3.8) is 0 Å². The molecule has 1 aliphatic rings. The number of hydrogen-bond donors (Lipinski definition) is 1. The first-order valence-corrected chi connectivity index (χ1v) is 9.48. The number of aromatic amines is 1. The highest BCUT2D eigenvalue weighted by Crippen LogP contribution is 2.27. The third kappa shape index (κ3) is 4.06. The van der Waals surface area contributed by atoms with Gasteiger partial charge >= 0.3 is 0 Å². The van der Waals surface area contributed by atoms with Gasteiger partial charge in [0.05, 0.1) is 11.9 Å². The Morgan fingerprint density at radius 2 is 2.00 bits per heavy atom. The lowest BCUT2D eigenvalue weighted by Gasteiger charge is -2.32. The number of hydrogen-bond acceptors (Lipinski definition) is 3. The second kappa shape index (κ2) is 7.44. The van der Waals surface area contributed by atoms with Crippen LogP contribution in [0.1, 0.15) is 30.1 Å². The van der Waals surface area contributed by atoms with E-state index < -0.39 is 5.95 Å². The first-order chi connectivity index (χ1) is 13.0. The minimum Gasteiger partial charge on any atom is -0.342 e. The van der Waals surface area contributed by atoms with Gasteiger partial charge in [-0.25, -0.2) is 4.98 Å². The average molecular weight is 407 g/mol. The number of carbonyl (C=O) groups is 1. The molecule has 3 heterocycles. The maximum atomic E-state index is 13.3. The molecule has 1 N–H and O–H groups in total. The van der Waals surface area contributed by atoms with Gasteiger partial charge in [0.1, 0.15) is 5.82 Å². The topological polar surface area (TPSA) is 61.9 Å². The van der Waals surface area contributed by atoms with Crippen LogP contribution in [0.3, 0.4) is 0 Å². The molecule has 0 bridgehead atoms. The average Bonchev–Trinajstić information content (AvgIpc) is 3.04. The molecule has 4 rings (SSSR count). The van der Waals surface area contributed by atoms with E-state index in [-0.39, 0.29) is 18.2 Å². The molecule has 140 valence electrons. The Labute approximate surface area is 165 Å². The summed E-state index contributed by atoms with van der Waals surface area (Å²) >= 11 is 12.0. The molecule has 0 aliphatic carbocycles. The van der Waals surface area contributed by atoms with Gasteiger partial charge in [-0.05, 0) is 48.7 Å². The van der Waals surface area contributed by atoms with Crippen LogP contribution in [0, 0.1) is 5.95 Å². The summed E-state index contributed by atoms with van der Waals surface area (Å²) in [6, 6.07) is 8.09. The van der Waals surface area contributed by atoms with Crippen molar-refractivity contribution in [3.05, 3.63) is 57.7 Å². The number of halogens is 3. The lowest BCUT2D eigenvalue weighted by atomic mass is 9.96. The maximum Gasteiger partial charge on any atom is 0.227 e. The van der Waals surface area contributed by atoms with Crippen molar-refractivity contribution in [1.29, 1.82) is 0 Å². The molecule has 1 fully saturated rings. The standard InChI is InChI=1S/C19H17Cl2FN4O/c20-13-6-11(7-14(21)9-13)8-17(27)26-5-1-2-12(10-26)18-23-15-3-4-16(22)24-19(15)25-18/h3-4,6-7,9,12H,1-2,5,8,10H2,(H,23,24,25). The highest BCUT2D eigenvalue weighted by molar-refractivity contribution is 6.34.